The molecule has 19 heavy (non-hydrogen) atoms. The van der Waals surface area contributed by atoms with Crippen LogP contribution < -0.4 is 10.6 Å². The van der Waals surface area contributed by atoms with Crippen molar-refractivity contribution in [2.24, 2.45) is 10.8 Å². The molecule has 2 amide bonds. The van der Waals surface area contributed by atoms with E-state index >= 15 is 0 Å². The SMILES string of the molecule is CC(C)(C)C(=O)NCCC(=O)NCC(C)(C)C(=O)O. The second-order valence-electron chi connectivity index (χ2n) is 6.22. The molecule has 0 saturated carbocycles. The fourth-order valence-corrected chi connectivity index (χ4v) is 1.04. The van der Waals surface area contributed by atoms with Crippen molar-refractivity contribution in [1.82, 2.24) is 10.6 Å². The molecule has 0 fully saturated rings. The van der Waals surface area contributed by atoms with E-state index in [2.05, 4.69) is 10.6 Å². The van der Waals surface area contributed by atoms with Gasteiger partial charge in [0.05, 0.1) is 5.41 Å². The van der Waals surface area contributed by atoms with E-state index in [-0.39, 0.29) is 31.3 Å². The zero-order valence-electron chi connectivity index (χ0n) is 12.3. The Morgan fingerprint density at radius 1 is 1.00 bits per heavy atom. The Bertz CT molecular complexity index is 356. The second-order valence-corrected chi connectivity index (χ2v) is 6.22. The van der Waals surface area contributed by atoms with Crippen molar-refractivity contribution in [2.75, 3.05) is 13.1 Å². The monoisotopic (exact) mass is 272 g/mol. The summed E-state index contributed by atoms with van der Waals surface area (Å²) in [5, 5.41) is 14.1. The molecule has 0 aliphatic rings. The molecule has 0 unspecified atom stereocenters. The van der Waals surface area contributed by atoms with Gasteiger partial charge in [0, 0.05) is 24.9 Å². The van der Waals surface area contributed by atoms with Crippen LogP contribution in [0.3, 0.4) is 0 Å². The van der Waals surface area contributed by atoms with Gasteiger partial charge < -0.3 is 15.7 Å². The number of carboxylic acid groups (broad SMARTS) is 1. The van der Waals surface area contributed by atoms with Gasteiger partial charge in [0.25, 0.3) is 0 Å². The molecule has 0 aromatic rings. The zero-order chi connectivity index (χ0) is 15.3. The second kappa shape index (κ2) is 6.54. The van der Waals surface area contributed by atoms with Gasteiger partial charge in [-0.05, 0) is 13.8 Å². The smallest absolute Gasteiger partial charge is 0.310 e. The molecule has 0 rings (SSSR count). The minimum Gasteiger partial charge on any atom is -0.481 e. The highest BCUT2D eigenvalue weighted by Gasteiger charge is 2.27. The van der Waals surface area contributed by atoms with Crippen molar-refractivity contribution in [3.8, 4) is 0 Å². The summed E-state index contributed by atoms with van der Waals surface area (Å²) in [7, 11) is 0. The summed E-state index contributed by atoms with van der Waals surface area (Å²) in [6, 6.07) is 0. The van der Waals surface area contributed by atoms with Crippen molar-refractivity contribution < 1.29 is 19.5 Å². The molecule has 0 aliphatic heterocycles. The van der Waals surface area contributed by atoms with Gasteiger partial charge in [-0.2, -0.15) is 0 Å². The van der Waals surface area contributed by atoms with Crippen LogP contribution in [-0.2, 0) is 14.4 Å². The quantitative estimate of drug-likeness (QED) is 0.665. The highest BCUT2D eigenvalue weighted by atomic mass is 16.4. The number of aliphatic carboxylic acids is 1. The molecule has 0 radical (unpaired) electrons. The molecule has 6 nitrogen and oxygen atoms in total. The van der Waals surface area contributed by atoms with Crippen LogP contribution in [0.15, 0.2) is 0 Å². The van der Waals surface area contributed by atoms with E-state index < -0.39 is 16.8 Å². The maximum atomic E-state index is 11.5. The van der Waals surface area contributed by atoms with Crippen molar-refractivity contribution in [2.45, 2.75) is 41.0 Å². The Morgan fingerprint density at radius 3 is 1.95 bits per heavy atom. The summed E-state index contributed by atoms with van der Waals surface area (Å²) in [6.45, 7) is 8.76. The summed E-state index contributed by atoms with van der Waals surface area (Å²) < 4.78 is 0. The first-order valence-corrected chi connectivity index (χ1v) is 6.25. The lowest BCUT2D eigenvalue weighted by Crippen LogP contribution is -2.41. The lowest BCUT2D eigenvalue weighted by Gasteiger charge is -2.20. The van der Waals surface area contributed by atoms with Gasteiger partial charge in [-0.15, -0.1) is 0 Å². The van der Waals surface area contributed by atoms with Crippen molar-refractivity contribution in [3.63, 3.8) is 0 Å². The number of amides is 2. The Labute approximate surface area is 113 Å². The van der Waals surface area contributed by atoms with Gasteiger partial charge in [0.1, 0.15) is 0 Å². The molecule has 6 heteroatoms. The van der Waals surface area contributed by atoms with Gasteiger partial charge in [-0.25, -0.2) is 0 Å². The van der Waals surface area contributed by atoms with E-state index in [0.717, 1.165) is 0 Å². The van der Waals surface area contributed by atoms with E-state index in [1.165, 1.54) is 13.8 Å². The van der Waals surface area contributed by atoms with E-state index in [1.54, 1.807) is 20.8 Å². The van der Waals surface area contributed by atoms with Crippen LogP contribution in [-0.4, -0.2) is 36.0 Å². The molecule has 0 aromatic heterocycles. The van der Waals surface area contributed by atoms with Crippen LogP contribution in [0, 0.1) is 10.8 Å². The molecule has 0 aromatic carbocycles. The third-order valence-corrected chi connectivity index (χ3v) is 2.63. The fourth-order valence-electron chi connectivity index (χ4n) is 1.04. The lowest BCUT2D eigenvalue weighted by atomic mass is 9.94. The van der Waals surface area contributed by atoms with Crippen LogP contribution in [0.5, 0.6) is 0 Å². The molecule has 110 valence electrons. The largest absolute Gasteiger partial charge is 0.481 e. The number of carbonyl (C=O) groups is 3. The van der Waals surface area contributed by atoms with Crippen LogP contribution in [0.2, 0.25) is 0 Å². The van der Waals surface area contributed by atoms with E-state index in [1.807, 2.05) is 0 Å². The minimum absolute atomic E-state index is 0.0639. The van der Waals surface area contributed by atoms with Crippen LogP contribution in [0.1, 0.15) is 41.0 Å². The summed E-state index contributed by atoms with van der Waals surface area (Å²) in [5.41, 5.74) is -1.48. The standard InChI is InChI=1S/C13H24N2O4/c1-12(2,3)10(17)14-7-6-9(16)15-8-13(4,5)11(18)19/h6-8H2,1-5H3,(H,14,17)(H,15,16)(H,18,19). The molecule has 0 heterocycles. The van der Waals surface area contributed by atoms with Crippen LogP contribution in [0.25, 0.3) is 0 Å². The van der Waals surface area contributed by atoms with Gasteiger partial charge >= 0.3 is 5.97 Å². The summed E-state index contributed by atoms with van der Waals surface area (Å²) >= 11 is 0. The topological polar surface area (TPSA) is 95.5 Å². The Morgan fingerprint density at radius 2 is 1.53 bits per heavy atom. The number of hydrogen-bond acceptors (Lipinski definition) is 3. The van der Waals surface area contributed by atoms with Gasteiger partial charge in [-0.1, -0.05) is 20.8 Å². The molecule has 0 atom stereocenters. The maximum absolute atomic E-state index is 11.5. The Kier molecular flexibility index (Phi) is 5.99. The third-order valence-electron chi connectivity index (χ3n) is 2.63. The van der Waals surface area contributed by atoms with Crippen molar-refractivity contribution in [1.29, 1.82) is 0 Å². The highest BCUT2D eigenvalue weighted by molar-refractivity contribution is 5.82. The number of carboxylic acids is 1. The molecule has 0 spiro atoms. The average molecular weight is 272 g/mol. The molecule has 0 saturated heterocycles. The van der Waals surface area contributed by atoms with Crippen LogP contribution in [0.4, 0.5) is 0 Å². The zero-order valence-corrected chi connectivity index (χ0v) is 12.3. The van der Waals surface area contributed by atoms with E-state index in [4.69, 9.17) is 5.11 Å². The third kappa shape index (κ3) is 6.79. The summed E-state index contributed by atoms with van der Waals surface area (Å²) in [4.78, 5) is 33.9. The lowest BCUT2D eigenvalue weighted by molar-refractivity contribution is -0.146. The van der Waals surface area contributed by atoms with Crippen molar-refractivity contribution >= 4 is 17.8 Å². The minimum atomic E-state index is -0.996. The summed E-state index contributed by atoms with van der Waals surface area (Å²) in [6.07, 6.45) is 0.136. The highest BCUT2D eigenvalue weighted by Crippen LogP contribution is 2.13. The number of nitrogens with one attached hydrogen (secondary N) is 2. The molecule has 3 N–H and O–H groups in total. The van der Waals surface area contributed by atoms with Crippen LogP contribution >= 0.6 is 0 Å². The normalized spacial score (nSPS) is 11.8. The van der Waals surface area contributed by atoms with E-state index in [0.29, 0.717) is 0 Å². The molecular weight excluding hydrogens is 248 g/mol. The predicted octanol–water partition coefficient (Wildman–Crippen LogP) is 0.766. The van der Waals surface area contributed by atoms with Gasteiger partial charge in [-0.3, -0.25) is 14.4 Å². The first-order valence-electron chi connectivity index (χ1n) is 6.25. The Hall–Kier alpha value is -1.59. The molecular formula is C13H24N2O4. The first-order chi connectivity index (χ1) is 8.47. The average Bonchev–Trinajstić information content (AvgIpc) is 2.24. The summed E-state index contributed by atoms with van der Waals surface area (Å²) in [5.74, 6) is -1.36. The van der Waals surface area contributed by atoms with Gasteiger partial charge in [0.15, 0.2) is 0 Å². The first kappa shape index (κ1) is 17.4. The maximum Gasteiger partial charge on any atom is 0.310 e. The Balaban J connectivity index is 3.96. The van der Waals surface area contributed by atoms with E-state index in [9.17, 15) is 14.4 Å². The van der Waals surface area contributed by atoms with Crippen molar-refractivity contribution in [3.05, 3.63) is 0 Å². The number of carbonyl (C=O) groups excluding carboxylic acids is 2. The number of rotatable bonds is 6. The fraction of sp³-hybridized carbons (Fsp3) is 0.769. The van der Waals surface area contributed by atoms with Gasteiger partial charge in [0.2, 0.25) is 11.8 Å². The molecule has 0 aliphatic carbocycles. The number of hydrogen-bond donors (Lipinski definition) is 3. The molecule has 0 bridgehead atoms. The predicted molar refractivity (Wildman–Crippen MR) is 71.5 cm³/mol.